The van der Waals surface area contributed by atoms with Crippen molar-refractivity contribution in [1.29, 1.82) is 0 Å². The maximum Gasteiger partial charge on any atom is 0.242 e. The summed E-state index contributed by atoms with van der Waals surface area (Å²) < 4.78 is 0. The molecule has 0 aromatic carbocycles. The van der Waals surface area contributed by atoms with Gasteiger partial charge in [0.1, 0.15) is 0 Å². The van der Waals surface area contributed by atoms with Gasteiger partial charge in [0.2, 0.25) is 5.91 Å². The second kappa shape index (κ2) is 4.60. The van der Waals surface area contributed by atoms with E-state index in [-0.39, 0.29) is 11.3 Å². The molecule has 1 fully saturated rings. The van der Waals surface area contributed by atoms with E-state index in [4.69, 9.17) is 0 Å². The molecule has 1 aliphatic heterocycles. The molecular formula is C14H28N2O. The third kappa shape index (κ3) is 2.65. The first-order valence-electron chi connectivity index (χ1n) is 6.58. The SMILES string of the molecule is CC(C)[C@@]1(C)CCN(C(=O)C(C)(C)N(C)C)C1. The van der Waals surface area contributed by atoms with E-state index < -0.39 is 5.54 Å². The van der Waals surface area contributed by atoms with Crippen molar-refractivity contribution in [1.82, 2.24) is 9.80 Å². The van der Waals surface area contributed by atoms with Crippen LogP contribution in [0.1, 0.15) is 41.0 Å². The predicted molar refractivity (Wildman–Crippen MR) is 71.9 cm³/mol. The van der Waals surface area contributed by atoms with Crippen LogP contribution in [0.25, 0.3) is 0 Å². The average Bonchev–Trinajstić information content (AvgIpc) is 2.61. The predicted octanol–water partition coefficient (Wildman–Crippen LogP) is 2.22. The van der Waals surface area contributed by atoms with Crippen LogP contribution in [0, 0.1) is 11.3 Å². The highest BCUT2D eigenvalue weighted by atomic mass is 16.2. The van der Waals surface area contributed by atoms with Gasteiger partial charge in [-0.15, -0.1) is 0 Å². The first kappa shape index (κ1) is 14.5. The van der Waals surface area contributed by atoms with Gasteiger partial charge >= 0.3 is 0 Å². The highest BCUT2D eigenvalue weighted by Gasteiger charge is 2.42. The summed E-state index contributed by atoms with van der Waals surface area (Å²) in [5.74, 6) is 0.884. The van der Waals surface area contributed by atoms with Crippen LogP contribution in [-0.2, 0) is 4.79 Å². The van der Waals surface area contributed by atoms with Crippen molar-refractivity contribution < 1.29 is 4.79 Å². The van der Waals surface area contributed by atoms with Gasteiger partial charge in [0.25, 0.3) is 0 Å². The first-order chi connectivity index (χ1) is 7.61. The van der Waals surface area contributed by atoms with E-state index in [1.807, 2.05) is 37.7 Å². The van der Waals surface area contributed by atoms with Gasteiger partial charge in [0, 0.05) is 13.1 Å². The van der Waals surface area contributed by atoms with E-state index in [0.717, 1.165) is 19.5 Å². The maximum absolute atomic E-state index is 12.5. The summed E-state index contributed by atoms with van der Waals surface area (Å²) in [6, 6.07) is 0. The molecule has 0 N–H and O–H groups in total. The third-order valence-electron chi connectivity index (χ3n) is 4.83. The number of carbonyl (C=O) groups excluding carboxylic acids is 1. The summed E-state index contributed by atoms with van der Waals surface area (Å²) >= 11 is 0. The van der Waals surface area contributed by atoms with Crippen LogP contribution in [0.15, 0.2) is 0 Å². The number of hydrogen-bond acceptors (Lipinski definition) is 2. The van der Waals surface area contributed by atoms with Crippen LogP contribution in [-0.4, -0.2) is 48.4 Å². The lowest BCUT2D eigenvalue weighted by molar-refractivity contribution is -0.140. The fourth-order valence-electron chi connectivity index (χ4n) is 2.21. The van der Waals surface area contributed by atoms with Crippen LogP contribution in [0.2, 0.25) is 0 Å². The Bertz CT molecular complexity index is 297. The van der Waals surface area contributed by atoms with Gasteiger partial charge in [-0.05, 0) is 45.7 Å². The minimum Gasteiger partial charge on any atom is -0.341 e. The molecule has 1 amide bonds. The van der Waals surface area contributed by atoms with Crippen molar-refractivity contribution in [2.75, 3.05) is 27.2 Å². The normalized spacial score (nSPS) is 26.1. The van der Waals surface area contributed by atoms with Gasteiger partial charge in [0.05, 0.1) is 5.54 Å². The van der Waals surface area contributed by atoms with E-state index in [9.17, 15) is 4.79 Å². The maximum atomic E-state index is 12.5. The molecule has 0 spiro atoms. The van der Waals surface area contributed by atoms with Crippen molar-refractivity contribution in [2.24, 2.45) is 11.3 Å². The van der Waals surface area contributed by atoms with Gasteiger partial charge in [0.15, 0.2) is 0 Å². The number of likely N-dealkylation sites (tertiary alicyclic amines) is 1. The topological polar surface area (TPSA) is 23.6 Å². The smallest absolute Gasteiger partial charge is 0.242 e. The summed E-state index contributed by atoms with van der Waals surface area (Å²) in [4.78, 5) is 16.5. The fraction of sp³-hybridized carbons (Fsp3) is 0.929. The molecular weight excluding hydrogens is 212 g/mol. The Hall–Kier alpha value is -0.570. The van der Waals surface area contributed by atoms with Crippen molar-refractivity contribution in [3.8, 4) is 0 Å². The lowest BCUT2D eigenvalue weighted by Crippen LogP contribution is -2.53. The minimum absolute atomic E-state index is 0.256. The molecule has 17 heavy (non-hydrogen) atoms. The highest BCUT2D eigenvalue weighted by molar-refractivity contribution is 5.85. The highest BCUT2D eigenvalue weighted by Crippen LogP contribution is 2.38. The number of hydrogen-bond donors (Lipinski definition) is 0. The number of carbonyl (C=O) groups is 1. The Kier molecular flexibility index (Phi) is 3.92. The molecule has 3 nitrogen and oxygen atoms in total. The van der Waals surface area contributed by atoms with Gasteiger partial charge in [-0.2, -0.15) is 0 Å². The Balaban J connectivity index is 2.76. The summed E-state index contributed by atoms with van der Waals surface area (Å²) in [6.45, 7) is 12.6. The Labute approximate surface area is 106 Å². The van der Waals surface area contributed by atoms with Crippen molar-refractivity contribution in [3.63, 3.8) is 0 Å². The molecule has 0 aromatic rings. The number of amides is 1. The standard InChI is InChI=1S/C14H28N2O/c1-11(2)14(5)8-9-16(10-14)12(17)13(3,4)15(6)7/h11H,8-10H2,1-7H3/t14-/m0/s1. The third-order valence-corrected chi connectivity index (χ3v) is 4.83. The molecule has 1 rings (SSSR count). The molecule has 100 valence electrons. The van der Waals surface area contributed by atoms with E-state index >= 15 is 0 Å². The molecule has 0 aromatic heterocycles. The number of likely N-dealkylation sites (N-methyl/N-ethyl adjacent to an activating group) is 1. The second-order valence-electron chi connectivity index (χ2n) is 6.74. The number of rotatable bonds is 3. The van der Waals surface area contributed by atoms with Gasteiger partial charge in [-0.1, -0.05) is 20.8 Å². The van der Waals surface area contributed by atoms with Crippen LogP contribution >= 0.6 is 0 Å². The van der Waals surface area contributed by atoms with Crippen LogP contribution in [0.5, 0.6) is 0 Å². The largest absolute Gasteiger partial charge is 0.341 e. The van der Waals surface area contributed by atoms with Crippen molar-refractivity contribution >= 4 is 5.91 Å². The van der Waals surface area contributed by atoms with Gasteiger partial charge < -0.3 is 4.90 Å². The van der Waals surface area contributed by atoms with Crippen molar-refractivity contribution in [2.45, 2.75) is 46.6 Å². The van der Waals surface area contributed by atoms with E-state index in [0.29, 0.717) is 5.92 Å². The first-order valence-corrected chi connectivity index (χ1v) is 6.58. The summed E-state index contributed by atoms with van der Waals surface area (Å²) in [5, 5.41) is 0. The molecule has 0 aliphatic carbocycles. The van der Waals surface area contributed by atoms with Gasteiger partial charge in [-0.3, -0.25) is 9.69 Å². The fourth-order valence-corrected chi connectivity index (χ4v) is 2.21. The van der Waals surface area contributed by atoms with E-state index in [1.165, 1.54) is 0 Å². The lowest BCUT2D eigenvalue weighted by atomic mass is 9.78. The molecule has 0 bridgehead atoms. The number of nitrogens with zero attached hydrogens (tertiary/aromatic N) is 2. The molecule has 3 heteroatoms. The van der Waals surface area contributed by atoms with Crippen LogP contribution < -0.4 is 0 Å². The minimum atomic E-state index is -0.401. The van der Waals surface area contributed by atoms with E-state index in [1.54, 1.807) is 0 Å². The zero-order valence-electron chi connectivity index (χ0n) is 12.5. The molecule has 0 unspecified atom stereocenters. The Morgan fingerprint density at radius 2 is 1.88 bits per heavy atom. The lowest BCUT2D eigenvalue weighted by Gasteiger charge is -2.36. The summed E-state index contributed by atoms with van der Waals surface area (Å²) in [6.07, 6.45) is 1.12. The molecule has 1 aliphatic rings. The summed E-state index contributed by atoms with van der Waals surface area (Å²) in [7, 11) is 3.94. The zero-order valence-corrected chi connectivity index (χ0v) is 12.5. The Morgan fingerprint density at radius 3 is 2.24 bits per heavy atom. The zero-order chi connectivity index (χ0) is 13.4. The second-order valence-corrected chi connectivity index (χ2v) is 6.74. The molecule has 0 saturated carbocycles. The average molecular weight is 240 g/mol. The molecule has 1 atom stereocenters. The van der Waals surface area contributed by atoms with Crippen molar-refractivity contribution in [3.05, 3.63) is 0 Å². The summed E-state index contributed by atoms with van der Waals surface area (Å²) in [5.41, 5.74) is -0.111. The molecule has 1 saturated heterocycles. The molecule has 1 heterocycles. The monoisotopic (exact) mass is 240 g/mol. The van der Waals surface area contributed by atoms with E-state index in [2.05, 4.69) is 20.8 Å². The van der Waals surface area contributed by atoms with Crippen LogP contribution in [0.4, 0.5) is 0 Å². The Morgan fingerprint density at radius 1 is 1.35 bits per heavy atom. The van der Waals surface area contributed by atoms with Gasteiger partial charge in [-0.25, -0.2) is 0 Å². The quantitative estimate of drug-likeness (QED) is 0.755. The van der Waals surface area contributed by atoms with Crippen LogP contribution in [0.3, 0.4) is 0 Å². The molecule has 0 radical (unpaired) electrons.